The van der Waals surface area contributed by atoms with Gasteiger partial charge in [-0.2, -0.15) is 0 Å². The summed E-state index contributed by atoms with van der Waals surface area (Å²) >= 11 is 3.33. The Morgan fingerprint density at radius 2 is 1.82 bits per heavy atom. The monoisotopic (exact) mass is 383 g/mol. The van der Waals surface area contributed by atoms with Crippen molar-refractivity contribution in [3.8, 4) is 11.3 Å². The molecule has 4 nitrogen and oxygen atoms in total. The molecule has 22 heavy (non-hydrogen) atoms. The fraction of sp³-hybridized carbons (Fsp3) is 0.0667. The molecule has 2 aromatic carbocycles. The van der Waals surface area contributed by atoms with Gasteiger partial charge in [-0.3, -0.25) is 4.72 Å². The molecule has 0 radical (unpaired) electrons. The molecule has 0 aliphatic carbocycles. The first-order valence-electron chi connectivity index (χ1n) is 6.29. The molecule has 0 spiro atoms. The zero-order valence-corrected chi connectivity index (χ0v) is 13.8. The van der Waals surface area contributed by atoms with Gasteiger partial charge in [-0.15, -0.1) is 0 Å². The standard InChI is InChI=1S/C15H11BrFNO3S/c1-22(19,20)18-13-8-15-10(6-12(13)16)7-14(21-15)9-2-4-11(17)5-3-9/h2-8,18H,1H3. The smallest absolute Gasteiger partial charge is 0.229 e. The van der Waals surface area contributed by atoms with Crippen LogP contribution in [0.5, 0.6) is 0 Å². The summed E-state index contributed by atoms with van der Waals surface area (Å²) in [6.07, 6.45) is 1.08. The van der Waals surface area contributed by atoms with Gasteiger partial charge < -0.3 is 4.42 Å². The van der Waals surface area contributed by atoms with Gasteiger partial charge in [-0.1, -0.05) is 0 Å². The van der Waals surface area contributed by atoms with Gasteiger partial charge >= 0.3 is 0 Å². The van der Waals surface area contributed by atoms with E-state index in [1.54, 1.807) is 24.3 Å². The first-order chi connectivity index (χ1) is 10.3. The topological polar surface area (TPSA) is 59.3 Å². The number of rotatable bonds is 3. The Labute approximate surface area is 135 Å². The number of nitrogens with one attached hydrogen (secondary N) is 1. The third kappa shape index (κ3) is 3.15. The predicted molar refractivity (Wildman–Crippen MR) is 87.8 cm³/mol. The molecule has 0 amide bonds. The lowest BCUT2D eigenvalue weighted by molar-refractivity contribution is 0.606. The Balaban J connectivity index is 2.08. The second-order valence-corrected chi connectivity index (χ2v) is 7.46. The number of hydrogen-bond acceptors (Lipinski definition) is 3. The molecule has 0 aliphatic heterocycles. The number of sulfonamides is 1. The Kier molecular flexibility index (Phi) is 3.70. The fourth-order valence-corrected chi connectivity index (χ4v) is 3.25. The van der Waals surface area contributed by atoms with Gasteiger partial charge in [0.15, 0.2) is 0 Å². The summed E-state index contributed by atoms with van der Waals surface area (Å²) in [4.78, 5) is 0. The van der Waals surface area contributed by atoms with Gasteiger partial charge in [0.25, 0.3) is 0 Å². The Morgan fingerprint density at radius 3 is 2.45 bits per heavy atom. The maximum absolute atomic E-state index is 13.0. The van der Waals surface area contributed by atoms with Crippen molar-refractivity contribution in [2.24, 2.45) is 0 Å². The molecule has 1 N–H and O–H groups in total. The van der Waals surface area contributed by atoms with Crippen LogP contribution >= 0.6 is 15.9 Å². The summed E-state index contributed by atoms with van der Waals surface area (Å²) in [7, 11) is -3.38. The highest BCUT2D eigenvalue weighted by molar-refractivity contribution is 9.10. The molecule has 0 atom stereocenters. The maximum atomic E-state index is 13.0. The lowest BCUT2D eigenvalue weighted by Gasteiger charge is -2.05. The normalized spacial score (nSPS) is 11.8. The minimum atomic E-state index is -3.38. The van der Waals surface area contributed by atoms with Gasteiger partial charge in [0.05, 0.1) is 11.9 Å². The molecule has 1 heterocycles. The molecule has 0 fully saturated rings. The van der Waals surface area contributed by atoms with Crippen LogP contribution in [-0.4, -0.2) is 14.7 Å². The molecule has 1 aromatic heterocycles. The van der Waals surface area contributed by atoms with Crippen LogP contribution in [0.2, 0.25) is 0 Å². The van der Waals surface area contributed by atoms with Crippen molar-refractivity contribution in [3.05, 3.63) is 52.8 Å². The number of benzene rings is 2. The lowest BCUT2D eigenvalue weighted by atomic mass is 10.1. The van der Waals surface area contributed by atoms with Crippen LogP contribution < -0.4 is 4.72 Å². The van der Waals surface area contributed by atoms with Gasteiger partial charge in [-0.25, -0.2) is 12.8 Å². The van der Waals surface area contributed by atoms with Crippen molar-refractivity contribution in [2.45, 2.75) is 0 Å². The molecule has 0 unspecified atom stereocenters. The molecule has 3 aromatic rings. The van der Waals surface area contributed by atoms with E-state index in [0.29, 0.717) is 21.5 Å². The van der Waals surface area contributed by atoms with E-state index in [4.69, 9.17) is 4.42 Å². The van der Waals surface area contributed by atoms with Crippen molar-refractivity contribution in [1.29, 1.82) is 0 Å². The van der Waals surface area contributed by atoms with Gasteiger partial charge in [0.2, 0.25) is 10.0 Å². The van der Waals surface area contributed by atoms with E-state index in [1.807, 2.05) is 6.07 Å². The minimum Gasteiger partial charge on any atom is -0.456 e. The number of anilines is 1. The number of hydrogen-bond donors (Lipinski definition) is 1. The highest BCUT2D eigenvalue weighted by Gasteiger charge is 2.12. The molecular weight excluding hydrogens is 373 g/mol. The lowest BCUT2D eigenvalue weighted by Crippen LogP contribution is -2.09. The van der Waals surface area contributed by atoms with E-state index in [2.05, 4.69) is 20.7 Å². The molecule has 0 saturated carbocycles. The van der Waals surface area contributed by atoms with E-state index in [9.17, 15) is 12.8 Å². The molecule has 7 heteroatoms. The predicted octanol–water partition coefficient (Wildman–Crippen LogP) is 4.37. The molecule has 114 valence electrons. The number of halogens is 2. The zero-order valence-electron chi connectivity index (χ0n) is 11.4. The summed E-state index contributed by atoms with van der Waals surface area (Å²) in [5.41, 5.74) is 1.68. The number of fused-ring (bicyclic) bond motifs is 1. The van der Waals surface area contributed by atoms with Crippen LogP contribution in [0.15, 0.2) is 51.4 Å². The van der Waals surface area contributed by atoms with E-state index >= 15 is 0 Å². The average Bonchev–Trinajstić information content (AvgIpc) is 2.81. The minimum absolute atomic E-state index is 0.317. The molecule has 0 bridgehead atoms. The first-order valence-corrected chi connectivity index (χ1v) is 8.97. The molecule has 0 aliphatic rings. The Bertz CT molecular complexity index is 949. The van der Waals surface area contributed by atoms with Crippen LogP contribution in [0.25, 0.3) is 22.3 Å². The molecule has 3 rings (SSSR count). The number of furan rings is 1. The van der Waals surface area contributed by atoms with Gasteiger partial charge in [0.1, 0.15) is 17.2 Å². The summed E-state index contributed by atoms with van der Waals surface area (Å²) in [5.74, 6) is 0.264. The summed E-state index contributed by atoms with van der Waals surface area (Å²) in [6, 6.07) is 11.1. The maximum Gasteiger partial charge on any atom is 0.229 e. The fourth-order valence-electron chi connectivity index (χ4n) is 2.09. The molecular formula is C15H11BrFNO3S. The van der Waals surface area contributed by atoms with E-state index in [1.165, 1.54) is 12.1 Å². The van der Waals surface area contributed by atoms with Crippen LogP contribution in [0.1, 0.15) is 0 Å². The summed E-state index contributed by atoms with van der Waals surface area (Å²) in [6.45, 7) is 0. The highest BCUT2D eigenvalue weighted by Crippen LogP contribution is 2.34. The van der Waals surface area contributed by atoms with Gasteiger partial charge in [0, 0.05) is 21.5 Å². The van der Waals surface area contributed by atoms with Crippen LogP contribution in [-0.2, 0) is 10.0 Å². The SMILES string of the molecule is CS(=O)(=O)Nc1cc2oc(-c3ccc(F)cc3)cc2cc1Br. The third-order valence-corrected chi connectivity index (χ3v) is 4.28. The quantitative estimate of drug-likeness (QED) is 0.730. The summed E-state index contributed by atoms with van der Waals surface area (Å²) < 4.78 is 44.4. The van der Waals surface area contributed by atoms with Crippen molar-refractivity contribution < 1.29 is 17.2 Å². The van der Waals surface area contributed by atoms with Crippen LogP contribution in [0.4, 0.5) is 10.1 Å². The van der Waals surface area contributed by atoms with E-state index < -0.39 is 10.0 Å². The van der Waals surface area contributed by atoms with Gasteiger partial charge in [-0.05, 0) is 52.3 Å². The average molecular weight is 384 g/mol. The van der Waals surface area contributed by atoms with Crippen molar-refractivity contribution in [2.75, 3.05) is 11.0 Å². The van der Waals surface area contributed by atoms with Crippen molar-refractivity contribution in [3.63, 3.8) is 0 Å². The second-order valence-electron chi connectivity index (χ2n) is 4.86. The Hall–Kier alpha value is -1.86. The largest absolute Gasteiger partial charge is 0.456 e. The first kappa shape index (κ1) is 15.1. The highest BCUT2D eigenvalue weighted by atomic mass is 79.9. The van der Waals surface area contributed by atoms with E-state index in [0.717, 1.165) is 17.2 Å². The van der Waals surface area contributed by atoms with Crippen LogP contribution in [0, 0.1) is 5.82 Å². The molecule has 0 saturated heterocycles. The zero-order chi connectivity index (χ0) is 15.9. The van der Waals surface area contributed by atoms with Crippen molar-refractivity contribution >= 4 is 42.6 Å². The van der Waals surface area contributed by atoms with Crippen LogP contribution in [0.3, 0.4) is 0 Å². The Morgan fingerprint density at radius 1 is 1.14 bits per heavy atom. The van der Waals surface area contributed by atoms with E-state index in [-0.39, 0.29) is 5.82 Å². The third-order valence-electron chi connectivity index (χ3n) is 3.03. The summed E-state index contributed by atoms with van der Waals surface area (Å²) in [5, 5.41) is 0.810. The van der Waals surface area contributed by atoms with Crippen molar-refractivity contribution in [1.82, 2.24) is 0 Å². The second kappa shape index (κ2) is 5.40.